The highest BCUT2D eigenvalue weighted by atomic mass is 32.1. The highest BCUT2D eigenvalue weighted by molar-refractivity contribution is 7.80. The Balaban J connectivity index is 2.40. The molecule has 0 spiro atoms. The average molecular weight is 254 g/mol. The summed E-state index contributed by atoms with van der Waals surface area (Å²) >= 11 is 5.22. The molecule has 17 heavy (non-hydrogen) atoms. The van der Waals surface area contributed by atoms with Crippen LogP contribution in [0.25, 0.3) is 0 Å². The molecular formula is C11H18N4OS. The van der Waals surface area contributed by atoms with Crippen LogP contribution in [-0.2, 0) is 5.54 Å². The quantitative estimate of drug-likeness (QED) is 0.780. The summed E-state index contributed by atoms with van der Waals surface area (Å²) in [5, 5.41) is 6.21. The molecule has 94 valence electrons. The number of aromatic amines is 1. The first-order valence-electron chi connectivity index (χ1n) is 6.09. The normalized spacial score (nSPS) is 20.5. The summed E-state index contributed by atoms with van der Waals surface area (Å²) in [4.78, 5) is 12.2. The molecule has 3 N–H and O–H groups in total. The summed E-state index contributed by atoms with van der Waals surface area (Å²) in [6.45, 7) is 0. The van der Waals surface area contributed by atoms with E-state index in [0.29, 0.717) is 4.99 Å². The molecule has 0 unspecified atom stereocenters. The number of hydrogen-bond acceptors (Lipinski definition) is 3. The largest absolute Gasteiger partial charge is 0.391 e. The fourth-order valence-corrected chi connectivity index (χ4v) is 2.95. The van der Waals surface area contributed by atoms with Gasteiger partial charge in [0.2, 0.25) is 0 Å². The summed E-state index contributed by atoms with van der Waals surface area (Å²) in [6, 6.07) is 0. The Kier molecular flexibility index (Phi) is 3.61. The molecule has 0 atom stereocenters. The van der Waals surface area contributed by atoms with Crippen LogP contribution in [0.5, 0.6) is 0 Å². The van der Waals surface area contributed by atoms with Crippen molar-refractivity contribution in [3.8, 4) is 0 Å². The number of H-pyrrole nitrogens is 1. The number of nitrogens with one attached hydrogen (secondary N) is 1. The van der Waals surface area contributed by atoms with Gasteiger partial charge >= 0.3 is 5.69 Å². The van der Waals surface area contributed by atoms with Crippen LogP contribution in [0, 0.1) is 0 Å². The monoisotopic (exact) mass is 254 g/mol. The van der Waals surface area contributed by atoms with Crippen LogP contribution in [0.2, 0.25) is 0 Å². The summed E-state index contributed by atoms with van der Waals surface area (Å²) in [5.74, 6) is 0. The molecule has 1 aliphatic carbocycles. The molecule has 1 fully saturated rings. The summed E-state index contributed by atoms with van der Waals surface area (Å²) in [6.07, 6.45) is 8.90. The summed E-state index contributed by atoms with van der Waals surface area (Å²) in [5.41, 5.74) is 5.18. The lowest BCUT2D eigenvalue weighted by Gasteiger charge is -2.34. The van der Waals surface area contributed by atoms with Gasteiger partial charge in [0, 0.05) is 0 Å². The van der Waals surface area contributed by atoms with Gasteiger partial charge in [-0.3, -0.25) is 4.57 Å². The van der Waals surface area contributed by atoms with Gasteiger partial charge in [-0.1, -0.05) is 44.3 Å². The van der Waals surface area contributed by atoms with Crippen molar-refractivity contribution in [1.29, 1.82) is 0 Å². The van der Waals surface area contributed by atoms with Crippen molar-refractivity contribution in [1.82, 2.24) is 14.8 Å². The highest BCUT2D eigenvalue weighted by Crippen LogP contribution is 2.32. The molecule has 1 saturated carbocycles. The molecule has 1 aliphatic rings. The number of rotatable bonds is 2. The van der Waals surface area contributed by atoms with Crippen LogP contribution in [0.15, 0.2) is 11.1 Å². The van der Waals surface area contributed by atoms with E-state index in [-0.39, 0.29) is 5.69 Å². The third-order valence-electron chi connectivity index (χ3n) is 3.65. The van der Waals surface area contributed by atoms with E-state index in [2.05, 4.69) is 10.2 Å². The lowest BCUT2D eigenvalue weighted by Crippen LogP contribution is -2.49. The second-order valence-corrected chi connectivity index (χ2v) is 5.13. The molecule has 1 aromatic rings. The van der Waals surface area contributed by atoms with Gasteiger partial charge in [-0.05, 0) is 12.8 Å². The van der Waals surface area contributed by atoms with Crippen molar-refractivity contribution in [2.24, 2.45) is 5.73 Å². The number of nitrogens with zero attached hydrogens (tertiary/aromatic N) is 2. The molecule has 0 amide bonds. The first-order chi connectivity index (χ1) is 8.17. The molecule has 0 aromatic carbocycles. The van der Waals surface area contributed by atoms with Crippen molar-refractivity contribution in [2.45, 2.75) is 50.5 Å². The number of hydrogen-bond donors (Lipinski definition) is 2. The van der Waals surface area contributed by atoms with Crippen molar-refractivity contribution >= 4 is 17.2 Å². The van der Waals surface area contributed by atoms with E-state index in [4.69, 9.17) is 18.0 Å². The van der Waals surface area contributed by atoms with Crippen LogP contribution < -0.4 is 11.4 Å². The van der Waals surface area contributed by atoms with E-state index < -0.39 is 5.54 Å². The zero-order valence-corrected chi connectivity index (χ0v) is 10.6. The fraction of sp³-hybridized carbons (Fsp3) is 0.727. The highest BCUT2D eigenvalue weighted by Gasteiger charge is 2.36. The van der Waals surface area contributed by atoms with Crippen LogP contribution in [-0.4, -0.2) is 19.8 Å². The van der Waals surface area contributed by atoms with E-state index in [0.717, 1.165) is 25.7 Å². The molecule has 1 aromatic heterocycles. The molecule has 0 saturated heterocycles. The zero-order valence-electron chi connectivity index (χ0n) is 9.82. The van der Waals surface area contributed by atoms with Gasteiger partial charge in [0.05, 0.1) is 4.99 Å². The van der Waals surface area contributed by atoms with E-state index in [1.54, 1.807) is 4.57 Å². The molecule has 0 bridgehead atoms. The Morgan fingerprint density at radius 1 is 1.35 bits per heavy atom. The second kappa shape index (κ2) is 5.00. The van der Waals surface area contributed by atoms with Crippen molar-refractivity contribution in [3.63, 3.8) is 0 Å². The molecule has 2 rings (SSSR count). The van der Waals surface area contributed by atoms with Gasteiger partial charge in [-0.25, -0.2) is 9.89 Å². The Labute approximate surface area is 105 Å². The van der Waals surface area contributed by atoms with Gasteiger partial charge in [0.1, 0.15) is 11.9 Å². The number of thiocarbonyl (C=S) groups is 1. The van der Waals surface area contributed by atoms with Gasteiger partial charge in [-0.15, -0.1) is 0 Å². The lowest BCUT2D eigenvalue weighted by atomic mass is 9.83. The second-order valence-electron chi connectivity index (χ2n) is 4.70. The Morgan fingerprint density at radius 3 is 2.41 bits per heavy atom. The predicted molar refractivity (Wildman–Crippen MR) is 69.9 cm³/mol. The maximum Gasteiger partial charge on any atom is 0.343 e. The molecular weight excluding hydrogens is 236 g/mol. The van der Waals surface area contributed by atoms with Crippen LogP contribution in [0.4, 0.5) is 0 Å². The van der Waals surface area contributed by atoms with E-state index in [1.807, 2.05) is 0 Å². The molecule has 0 radical (unpaired) electrons. The Hall–Kier alpha value is -1.17. The summed E-state index contributed by atoms with van der Waals surface area (Å²) < 4.78 is 1.58. The maximum atomic E-state index is 11.8. The number of nitrogens with two attached hydrogens (primary N) is 1. The summed E-state index contributed by atoms with van der Waals surface area (Å²) in [7, 11) is 0. The van der Waals surface area contributed by atoms with Crippen molar-refractivity contribution in [3.05, 3.63) is 16.8 Å². The molecule has 1 heterocycles. The first kappa shape index (κ1) is 12.3. The van der Waals surface area contributed by atoms with Gasteiger partial charge < -0.3 is 5.73 Å². The van der Waals surface area contributed by atoms with E-state index in [1.165, 1.54) is 25.6 Å². The Bertz CT molecular complexity index is 442. The molecule has 5 nitrogen and oxygen atoms in total. The third-order valence-corrected chi connectivity index (χ3v) is 4.03. The van der Waals surface area contributed by atoms with Crippen molar-refractivity contribution < 1.29 is 0 Å². The van der Waals surface area contributed by atoms with Crippen molar-refractivity contribution in [2.75, 3.05) is 0 Å². The maximum absolute atomic E-state index is 11.8. The van der Waals surface area contributed by atoms with Gasteiger partial charge in [0.15, 0.2) is 0 Å². The van der Waals surface area contributed by atoms with E-state index in [9.17, 15) is 4.79 Å². The zero-order chi connectivity index (χ0) is 12.3. The predicted octanol–water partition coefficient (Wildman–Crippen LogP) is 1.30. The average Bonchev–Trinajstić information content (AvgIpc) is 2.65. The minimum Gasteiger partial charge on any atom is -0.391 e. The molecule has 0 aliphatic heterocycles. The smallest absolute Gasteiger partial charge is 0.343 e. The lowest BCUT2D eigenvalue weighted by molar-refractivity contribution is 0.296. The SMILES string of the molecule is NC(=S)C1(n2cn[nH]c2=O)CCCCCCC1. The van der Waals surface area contributed by atoms with Gasteiger partial charge in [0.25, 0.3) is 0 Å². The van der Waals surface area contributed by atoms with Crippen LogP contribution >= 0.6 is 12.2 Å². The number of aromatic nitrogens is 3. The van der Waals surface area contributed by atoms with Gasteiger partial charge in [-0.2, -0.15) is 5.10 Å². The first-order valence-corrected chi connectivity index (χ1v) is 6.50. The minimum atomic E-state index is -0.514. The standard InChI is InChI=1S/C11H18N4OS/c12-9(17)11(15-8-13-14-10(15)16)6-4-2-1-3-5-7-11/h8H,1-7H2,(H2,12,17)(H,14,16). The minimum absolute atomic E-state index is 0.224. The Morgan fingerprint density at radius 2 is 1.94 bits per heavy atom. The topological polar surface area (TPSA) is 76.7 Å². The fourth-order valence-electron chi connectivity index (χ4n) is 2.65. The van der Waals surface area contributed by atoms with Crippen LogP contribution in [0.1, 0.15) is 44.9 Å². The van der Waals surface area contributed by atoms with Crippen LogP contribution in [0.3, 0.4) is 0 Å². The molecule has 6 heteroatoms. The third kappa shape index (κ3) is 2.26. The van der Waals surface area contributed by atoms with E-state index >= 15 is 0 Å².